The summed E-state index contributed by atoms with van der Waals surface area (Å²) in [6.45, 7) is 3.67. The number of amides is 2. The van der Waals surface area contributed by atoms with Gasteiger partial charge in [0.1, 0.15) is 11.6 Å². The first-order valence-corrected chi connectivity index (χ1v) is 13.8. The van der Waals surface area contributed by atoms with Crippen LogP contribution in [0.1, 0.15) is 57.5 Å². The Kier molecular flexibility index (Phi) is 7.30. The average molecular weight is 544 g/mol. The molecule has 206 valence electrons. The van der Waals surface area contributed by atoms with Crippen molar-refractivity contribution in [2.75, 3.05) is 31.6 Å². The highest BCUT2D eigenvalue weighted by atomic mass is 19.1. The molecule has 0 unspecified atom stereocenters. The van der Waals surface area contributed by atoms with Crippen LogP contribution in [0.15, 0.2) is 66.9 Å². The van der Waals surface area contributed by atoms with E-state index in [0.717, 1.165) is 42.9 Å². The monoisotopic (exact) mass is 543 g/mol. The van der Waals surface area contributed by atoms with Crippen molar-refractivity contribution in [2.24, 2.45) is 0 Å². The molecule has 0 atom stereocenters. The van der Waals surface area contributed by atoms with Crippen LogP contribution in [-0.4, -0.2) is 63.7 Å². The molecule has 0 radical (unpaired) electrons. The molecule has 2 fully saturated rings. The maximum absolute atomic E-state index is 13.6. The Balaban J connectivity index is 1.15. The molecular weight excluding hydrogens is 512 g/mol. The van der Waals surface area contributed by atoms with Crippen molar-refractivity contribution in [3.8, 4) is 0 Å². The molecule has 0 saturated carbocycles. The molecule has 6 rings (SSSR count). The molecule has 0 spiro atoms. The van der Waals surface area contributed by atoms with Crippen molar-refractivity contribution >= 4 is 22.7 Å². The summed E-state index contributed by atoms with van der Waals surface area (Å²) in [5.74, 6) is -1.79. The number of benzene rings is 3. The number of nitrogens with one attached hydrogen (secondary N) is 1. The molecule has 0 bridgehead atoms. The molecule has 2 saturated heterocycles. The van der Waals surface area contributed by atoms with Gasteiger partial charge in [0.2, 0.25) is 0 Å². The van der Waals surface area contributed by atoms with Crippen molar-refractivity contribution < 1.29 is 18.4 Å². The van der Waals surface area contributed by atoms with Crippen molar-refractivity contribution in [3.63, 3.8) is 0 Å². The summed E-state index contributed by atoms with van der Waals surface area (Å²) in [4.78, 5) is 32.6. The van der Waals surface area contributed by atoms with Gasteiger partial charge in [-0.3, -0.25) is 9.59 Å². The van der Waals surface area contributed by atoms with Crippen LogP contribution in [0.2, 0.25) is 0 Å². The quantitative estimate of drug-likeness (QED) is 0.372. The first-order valence-electron chi connectivity index (χ1n) is 13.8. The molecule has 4 aromatic rings. The molecule has 0 aliphatic carbocycles. The lowest BCUT2D eigenvalue weighted by atomic mass is 10.0. The van der Waals surface area contributed by atoms with Gasteiger partial charge in [0.15, 0.2) is 0 Å². The van der Waals surface area contributed by atoms with Crippen LogP contribution in [-0.2, 0) is 6.42 Å². The van der Waals surface area contributed by atoms with Crippen LogP contribution in [0.3, 0.4) is 0 Å². The lowest BCUT2D eigenvalue weighted by Gasteiger charge is -2.36. The topological polar surface area (TPSA) is 70.5 Å². The Morgan fingerprint density at radius 1 is 0.850 bits per heavy atom. The molecule has 2 amide bonds. The summed E-state index contributed by atoms with van der Waals surface area (Å²) >= 11 is 0. The molecule has 9 heteroatoms. The third-order valence-electron chi connectivity index (χ3n) is 7.98. The molecule has 1 aromatic heterocycles. The van der Waals surface area contributed by atoms with Crippen molar-refractivity contribution in [2.45, 2.75) is 38.1 Å². The Morgan fingerprint density at radius 2 is 1.55 bits per heavy atom. The molecular formula is C31H31F2N5O2. The van der Waals surface area contributed by atoms with Gasteiger partial charge in [0.05, 0.1) is 22.8 Å². The second-order valence-corrected chi connectivity index (χ2v) is 10.7. The van der Waals surface area contributed by atoms with Crippen molar-refractivity contribution in [1.29, 1.82) is 0 Å². The lowest BCUT2D eigenvalue weighted by molar-refractivity contribution is 0.0641. The molecule has 3 heterocycles. The summed E-state index contributed by atoms with van der Waals surface area (Å²) in [6, 6.07) is 16.4. The maximum atomic E-state index is 13.6. The number of likely N-dealkylation sites (tertiary alicyclic amines) is 2. The van der Waals surface area contributed by atoms with Crippen LogP contribution in [0.5, 0.6) is 0 Å². The maximum Gasteiger partial charge on any atom is 0.272 e. The normalized spacial score (nSPS) is 16.5. The van der Waals surface area contributed by atoms with E-state index in [1.165, 1.54) is 29.8 Å². The van der Waals surface area contributed by atoms with E-state index in [4.69, 9.17) is 0 Å². The first-order chi connectivity index (χ1) is 19.4. The van der Waals surface area contributed by atoms with E-state index in [1.54, 1.807) is 36.5 Å². The van der Waals surface area contributed by atoms with E-state index in [-0.39, 0.29) is 5.91 Å². The zero-order valence-corrected chi connectivity index (χ0v) is 22.2. The van der Waals surface area contributed by atoms with Gasteiger partial charge in [-0.1, -0.05) is 18.2 Å². The molecule has 2 aliphatic rings. The number of halogens is 2. The molecule has 40 heavy (non-hydrogen) atoms. The highest BCUT2D eigenvalue weighted by Crippen LogP contribution is 2.24. The number of hydrogen-bond acceptors (Lipinski definition) is 4. The smallest absolute Gasteiger partial charge is 0.272 e. The lowest BCUT2D eigenvalue weighted by Crippen LogP contribution is -2.46. The first kappa shape index (κ1) is 26.1. The summed E-state index contributed by atoms with van der Waals surface area (Å²) in [5, 5.41) is 5.08. The largest absolute Gasteiger partial charge is 0.339 e. The van der Waals surface area contributed by atoms with Gasteiger partial charge in [-0.05, 0) is 92.7 Å². The van der Waals surface area contributed by atoms with Crippen LogP contribution in [0, 0.1) is 11.6 Å². The summed E-state index contributed by atoms with van der Waals surface area (Å²) < 4.78 is 27.2. The predicted molar refractivity (Wildman–Crippen MR) is 149 cm³/mol. The number of piperidine rings is 1. The summed E-state index contributed by atoms with van der Waals surface area (Å²) in [6.07, 6.45) is 6.39. The van der Waals surface area contributed by atoms with Gasteiger partial charge < -0.3 is 9.80 Å². The van der Waals surface area contributed by atoms with Crippen LogP contribution >= 0.6 is 0 Å². The zero-order valence-electron chi connectivity index (χ0n) is 22.2. The standard InChI is InChI=1S/C31H31F2N5O2/c32-24-17-22(18-25(33)19-24)15-21-7-8-29-23(16-21)20-34-38(29)35-30(39)27-5-1-2-6-28(27)31(40)37-13-9-26(10-14-37)36-11-3-4-12-36/h1-2,5-8,16-20,26H,3-4,9-15H2,(H,35,39). The summed E-state index contributed by atoms with van der Waals surface area (Å²) in [7, 11) is 0. The fourth-order valence-corrected chi connectivity index (χ4v) is 5.97. The molecule has 3 aromatic carbocycles. The van der Waals surface area contributed by atoms with E-state index in [9.17, 15) is 18.4 Å². The minimum atomic E-state index is -0.614. The predicted octanol–water partition coefficient (Wildman–Crippen LogP) is 4.99. The number of aromatic nitrogens is 2. The average Bonchev–Trinajstić information content (AvgIpc) is 3.63. The fourth-order valence-electron chi connectivity index (χ4n) is 5.97. The van der Waals surface area contributed by atoms with Crippen LogP contribution in [0.25, 0.3) is 10.9 Å². The molecule has 2 aliphatic heterocycles. The van der Waals surface area contributed by atoms with Gasteiger partial charge in [0.25, 0.3) is 11.8 Å². The Hall–Kier alpha value is -4.11. The van der Waals surface area contributed by atoms with E-state index >= 15 is 0 Å². The minimum absolute atomic E-state index is 0.130. The zero-order chi connectivity index (χ0) is 27.6. The summed E-state index contributed by atoms with van der Waals surface area (Å²) in [5.41, 5.74) is 5.51. The van der Waals surface area contributed by atoms with Gasteiger partial charge in [0, 0.05) is 30.6 Å². The van der Waals surface area contributed by atoms with Gasteiger partial charge in [-0.2, -0.15) is 9.89 Å². The Labute approximate surface area is 231 Å². The number of carbonyl (C=O) groups is 2. The number of fused-ring (bicyclic) bond motifs is 1. The highest BCUT2D eigenvalue weighted by Gasteiger charge is 2.30. The van der Waals surface area contributed by atoms with E-state index in [2.05, 4.69) is 15.4 Å². The van der Waals surface area contributed by atoms with Gasteiger partial charge in [-0.25, -0.2) is 14.2 Å². The number of nitrogens with zero attached hydrogens (tertiary/aromatic N) is 4. The van der Waals surface area contributed by atoms with Gasteiger partial charge >= 0.3 is 0 Å². The van der Waals surface area contributed by atoms with E-state index < -0.39 is 17.5 Å². The van der Waals surface area contributed by atoms with E-state index in [0.29, 0.717) is 47.8 Å². The van der Waals surface area contributed by atoms with E-state index in [1.807, 2.05) is 17.0 Å². The minimum Gasteiger partial charge on any atom is -0.339 e. The molecule has 7 nitrogen and oxygen atoms in total. The Bertz CT molecular complexity index is 1530. The second kappa shape index (κ2) is 11.2. The Morgan fingerprint density at radius 3 is 2.27 bits per heavy atom. The number of rotatable bonds is 6. The molecule has 1 N–H and O–H groups in total. The number of carbonyl (C=O) groups excluding carboxylic acids is 2. The van der Waals surface area contributed by atoms with Crippen molar-refractivity contribution in [3.05, 3.63) is 101 Å². The van der Waals surface area contributed by atoms with Crippen LogP contribution < -0.4 is 5.43 Å². The fraction of sp³-hybridized carbons (Fsp3) is 0.323. The SMILES string of the molecule is O=C(Nn1ncc2cc(Cc3cc(F)cc(F)c3)ccc21)c1ccccc1C(=O)N1CCC(N2CCCC2)CC1. The third kappa shape index (κ3) is 5.47. The second-order valence-electron chi connectivity index (χ2n) is 10.7. The highest BCUT2D eigenvalue weighted by molar-refractivity contribution is 6.10. The number of hydrogen-bond donors (Lipinski definition) is 1. The van der Waals surface area contributed by atoms with Crippen LogP contribution in [0.4, 0.5) is 8.78 Å². The third-order valence-corrected chi connectivity index (χ3v) is 7.98. The van der Waals surface area contributed by atoms with Crippen molar-refractivity contribution in [1.82, 2.24) is 19.7 Å². The van der Waals surface area contributed by atoms with Gasteiger partial charge in [-0.15, -0.1) is 0 Å².